The SMILES string of the molecule is COc1ccc(C2c3sccc3CCN2C(=O)C2CCC(=O)CC2)cc1. The molecule has 0 bridgehead atoms. The number of Topliss-reactive ketones (excluding diaryl/α,β-unsaturated/α-hetero) is 1. The smallest absolute Gasteiger partial charge is 0.226 e. The van der Waals surface area contributed by atoms with Gasteiger partial charge >= 0.3 is 0 Å². The number of hydrogen-bond acceptors (Lipinski definition) is 4. The van der Waals surface area contributed by atoms with Crippen LogP contribution in [0.25, 0.3) is 0 Å². The zero-order chi connectivity index (χ0) is 18.1. The number of ketones is 1. The van der Waals surface area contributed by atoms with Gasteiger partial charge in [0.1, 0.15) is 11.5 Å². The average Bonchev–Trinajstić information content (AvgIpc) is 3.16. The first-order valence-corrected chi connectivity index (χ1v) is 10.1. The molecule has 136 valence electrons. The number of ether oxygens (including phenoxy) is 1. The van der Waals surface area contributed by atoms with Gasteiger partial charge in [-0.3, -0.25) is 9.59 Å². The van der Waals surface area contributed by atoms with Gasteiger partial charge in [-0.15, -0.1) is 11.3 Å². The fourth-order valence-corrected chi connectivity index (χ4v) is 5.17. The number of thiophene rings is 1. The third kappa shape index (κ3) is 3.16. The maximum Gasteiger partial charge on any atom is 0.226 e. The van der Waals surface area contributed by atoms with E-state index in [1.165, 1.54) is 10.4 Å². The predicted molar refractivity (Wildman–Crippen MR) is 102 cm³/mol. The Morgan fingerprint density at radius 1 is 1.12 bits per heavy atom. The lowest BCUT2D eigenvalue weighted by Crippen LogP contribution is -2.44. The minimum absolute atomic E-state index is 0.0186. The van der Waals surface area contributed by atoms with Crippen LogP contribution in [0, 0.1) is 5.92 Å². The van der Waals surface area contributed by atoms with E-state index in [4.69, 9.17) is 4.74 Å². The van der Waals surface area contributed by atoms with E-state index >= 15 is 0 Å². The van der Waals surface area contributed by atoms with E-state index in [1.807, 2.05) is 17.0 Å². The molecular formula is C21H23NO3S. The summed E-state index contributed by atoms with van der Waals surface area (Å²) >= 11 is 1.73. The summed E-state index contributed by atoms with van der Waals surface area (Å²) in [6.45, 7) is 0.740. The van der Waals surface area contributed by atoms with Crippen molar-refractivity contribution in [1.29, 1.82) is 0 Å². The van der Waals surface area contributed by atoms with Gasteiger partial charge in [-0.05, 0) is 54.0 Å². The van der Waals surface area contributed by atoms with Crippen molar-refractivity contribution in [1.82, 2.24) is 4.90 Å². The highest BCUT2D eigenvalue weighted by Gasteiger charge is 2.37. The standard InChI is InChI=1S/C21H23NO3S/c1-25-18-8-4-14(5-9-18)19-20-15(11-13-26-20)10-12-22(19)21(24)16-2-6-17(23)7-3-16/h4-5,8-9,11,13,16,19H,2-3,6-7,10,12H2,1H3. The summed E-state index contributed by atoms with van der Waals surface area (Å²) in [6.07, 6.45) is 3.38. The van der Waals surface area contributed by atoms with E-state index in [0.29, 0.717) is 31.5 Å². The number of hydrogen-bond donors (Lipinski definition) is 0. The maximum atomic E-state index is 13.3. The number of amides is 1. The molecule has 5 heteroatoms. The third-order valence-corrected chi connectivity index (χ3v) is 6.58. The lowest BCUT2D eigenvalue weighted by molar-refractivity contribution is -0.139. The fourth-order valence-electron chi connectivity index (χ4n) is 4.08. The Bertz CT molecular complexity index is 801. The van der Waals surface area contributed by atoms with Crippen LogP contribution in [0.2, 0.25) is 0 Å². The largest absolute Gasteiger partial charge is 0.497 e. The highest BCUT2D eigenvalue weighted by molar-refractivity contribution is 7.10. The number of fused-ring (bicyclic) bond motifs is 1. The zero-order valence-corrected chi connectivity index (χ0v) is 15.8. The molecule has 1 amide bonds. The molecule has 1 aliphatic carbocycles. The normalized spacial score (nSPS) is 20.7. The van der Waals surface area contributed by atoms with Crippen LogP contribution in [-0.2, 0) is 16.0 Å². The van der Waals surface area contributed by atoms with Crippen LogP contribution >= 0.6 is 11.3 Å². The van der Waals surface area contributed by atoms with Crippen LogP contribution in [0.3, 0.4) is 0 Å². The molecule has 4 nitrogen and oxygen atoms in total. The van der Waals surface area contributed by atoms with Crippen LogP contribution in [0.4, 0.5) is 0 Å². The van der Waals surface area contributed by atoms with Crippen LogP contribution in [0.15, 0.2) is 35.7 Å². The number of nitrogens with zero attached hydrogens (tertiary/aromatic N) is 1. The van der Waals surface area contributed by atoms with E-state index < -0.39 is 0 Å². The molecule has 0 saturated heterocycles. The fraction of sp³-hybridized carbons (Fsp3) is 0.429. The second-order valence-corrected chi connectivity index (χ2v) is 8.03. The first kappa shape index (κ1) is 17.3. The van der Waals surface area contributed by atoms with E-state index in [-0.39, 0.29) is 17.9 Å². The van der Waals surface area contributed by atoms with Crippen LogP contribution in [0.1, 0.15) is 47.7 Å². The zero-order valence-electron chi connectivity index (χ0n) is 14.9. The van der Waals surface area contributed by atoms with E-state index in [0.717, 1.165) is 24.3 Å². The molecule has 1 aromatic carbocycles. The lowest BCUT2D eigenvalue weighted by Gasteiger charge is -2.38. The number of benzene rings is 1. The van der Waals surface area contributed by atoms with Gasteiger partial charge in [-0.25, -0.2) is 0 Å². The van der Waals surface area contributed by atoms with Crippen LogP contribution in [0.5, 0.6) is 5.75 Å². The molecule has 0 radical (unpaired) electrons. The number of rotatable bonds is 3. The minimum Gasteiger partial charge on any atom is -0.497 e. The summed E-state index contributed by atoms with van der Waals surface area (Å²) in [5.41, 5.74) is 2.47. The predicted octanol–water partition coefficient (Wildman–Crippen LogP) is 3.99. The molecule has 1 saturated carbocycles. The minimum atomic E-state index is -0.0326. The first-order valence-electron chi connectivity index (χ1n) is 9.20. The van der Waals surface area contributed by atoms with Gasteiger partial charge in [0, 0.05) is 30.2 Å². The summed E-state index contributed by atoms with van der Waals surface area (Å²) in [7, 11) is 1.66. The molecule has 0 N–H and O–H groups in total. The van der Waals surface area contributed by atoms with E-state index in [9.17, 15) is 9.59 Å². The van der Waals surface area contributed by atoms with Crippen molar-refractivity contribution in [3.8, 4) is 5.75 Å². The Hall–Kier alpha value is -2.14. The van der Waals surface area contributed by atoms with Gasteiger partial charge in [0.25, 0.3) is 0 Å². The molecule has 4 rings (SSSR count). The number of carbonyl (C=O) groups excluding carboxylic acids is 2. The molecule has 1 unspecified atom stereocenters. The van der Waals surface area contributed by atoms with Gasteiger partial charge in [0.2, 0.25) is 5.91 Å². The molecule has 2 heterocycles. The van der Waals surface area contributed by atoms with E-state index in [1.54, 1.807) is 18.4 Å². The van der Waals surface area contributed by atoms with Crippen molar-refractivity contribution in [3.05, 3.63) is 51.7 Å². The topological polar surface area (TPSA) is 46.6 Å². The number of methoxy groups -OCH3 is 1. The molecule has 1 aromatic heterocycles. The van der Waals surface area contributed by atoms with Crippen molar-refractivity contribution < 1.29 is 14.3 Å². The van der Waals surface area contributed by atoms with Crippen molar-refractivity contribution >= 4 is 23.0 Å². The van der Waals surface area contributed by atoms with Gasteiger partial charge in [-0.2, -0.15) is 0 Å². The summed E-state index contributed by atoms with van der Waals surface area (Å²) < 4.78 is 5.28. The Morgan fingerprint density at radius 3 is 2.54 bits per heavy atom. The Morgan fingerprint density at radius 2 is 1.85 bits per heavy atom. The highest BCUT2D eigenvalue weighted by atomic mass is 32.1. The average molecular weight is 369 g/mol. The second-order valence-electron chi connectivity index (χ2n) is 7.08. The summed E-state index contributed by atoms with van der Waals surface area (Å²) in [6, 6.07) is 10.2. The molecule has 0 spiro atoms. The molecule has 2 aliphatic rings. The maximum absolute atomic E-state index is 13.3. The molecule has 2 aromatic rings. The second kappa shape index (κ2) is 7.23. The Labute approximate surface area is 157 Å². The Balaban J connectivity index is 1.66. The van der Waals surface area contributed by atoms with Gasteiger partial charge in [0.05, 0.1) is 13.2 Å². The van der Waals surface area contributed by atoms with Crippen molar-refractivity contribution in [2.45, 2.75) is 38.1 Å². The molecule has 1 atom stereocenters. The van der Waals surface area contributed by atoms with Gasteiger partial charge in [-0.1, -0.05) is 12.1 Å². The summed E-state index contributed by atoms with van der Waals surface area (Å²) in [5.74, 6) is 1.30. The van der Waals surface area contributed by atoms with Gasteiger partial charge < -0.3 is 9.64 Å². The quantitative estimate of drug-likeness (QED) is 0.822. The monoisotopic (exact) mass is 369 g/mol. The molecule has 1 fully saturated rings. The first-order chi connectivity index (χ1) is 12.7. The summed E-state index contributed by atoms with van der Waals surface area (Å²) in [4.78, 5) is 28.1. The summed E-state index contributed by atoms with van der Waals surface area (Å²) in [5, 5.41) is 2.12. The van der Waals surface area contributed by atoms with Crippen molar-refractivity contribution in [3.63, 3.8) is 0 Å². The Kier molecular flexibility index (Phi) is 4.81. The highest BCUT2D eigenvalue weighted by Crippen LogP contribution is 2.40. The van der Waals surface area contributed by atoms with Crippen molar-refractivity contribution in [2.75, 3.05) is 13.7 Å². The number of carbonyl (C=O) groups is 2. The third-order valence-electron chi connectivity index (χ3n) is 5.57. The van der Waals surface area contributed by atoms with Crippen LogP contribution < -0.4 is 4.74 Å². The molecular weight excluding hydrogens is 346 g/mol. The molecule has 26 heavy (non-hydrogen) atoms. The lowest BCUT2D eigenvalue weighted by atomic mass is 9.85. The van der Waals surface area contributed by atoms with Gasteiger partial charge in [0.15, 0.2) is 0 Å². The van der Waals surface area contributed by atoms with Crippen molar-refractivity contribution in [2.24, 2.45) is 5.92 Å². The van der Waals surface area contributed by atoms with Crippen LogP contribution in [-0.4, -0.2) is 30.2 Å². The van der Waals surface area contributed by atoms with E-state index in [2.05, 4.69) is 23.6 Å². The molecule has 1 aliphatic heterocycles.